The van der Waals surface area contributed by atoms with E-state index in [1.54, 1.807) is 0 Å². The van der Waals surface area contributed by atoms with Gasteiger partial charge in [-0.1, -0.05) is 0 Å². The first-order chi connectivity index (χ1) is 11.5. The van der Waals surface area contributed by atoms with E-state index in [2.05, 4.69) is 19.9 Å². The summed E-state index contributed by atoms with van der Waals surface area (Å²) < 4.78 is 0. The number of hydrogen-bond donors (Lipinski definition) is 1. The lowest BCUT2D eigenvalue weighted by atomic mass is 10.4. The highest BCUT2D eigenvalue weighted by Gasteiger charge is 2.28. The van der Waals surface area contributed by atoms with E-state index in [9.17, 15) is 4.79 Å². The van der Waals surface area contributed by atoms with Crippen molar-refractivity contribution in [3.63, 3.8) is 0 Å². The number of anilines is 2. The van der Waals surface area contributed by atoms with Crippen LogP contribution < -0.4 is 9.80 Å². The fourth-order valence-corrected chi connectivity index (χ4v) is 3.32. The van der Waals surface area contributed by atoms with Crippen molar-refractivity contribution in [1.82, 2.24) is 15.0 Å². The van der Waals surface area contributed by atoms with E-state index in [1.807, 2.05) is 37.5 Å². The number of hydrogen-bond acceptors (Lipinski definition) is 8. The molecule has 1 atom stereocenters. The first-order valence-electron chi connectivity index (χ1n) is 8.23. The zero-order valence-corrected chi connectivity index (χ0v) is 15.4. The molecule has 1 aliphatic rings. The van der Waals surface area contributed by atoms with Crippen molar-refractivity contribution < 1.29 is 9.90 Å². The smallest absolute Gasteiger partial charge is 0.329 e. The summed E-state index contributed by atoms with van der Waals surface area (Å²) in [6.07, 6.45) is 0. The molecule has 24 heavy (non-hydrogen) atoms. The summed E-state index contributed by atoms with van der Waals surface area (Å²) in [5, 5.41) is 9.70. The number of rotatable bonds is 8. The highest BCUT2D eigenvalue weighted by atomic mass is 32.2. The standard InChI is InChI=1S/C15H24N6O2S/c1-5-20(6-2)14-17-11(12-16-10(9-24-12)13(22)23)18-15(19-14)21(7-3)8-4/h10H,5-9H2,1-4H3,(H,22,23). The van der Waals surface area contributed by atoms with E-state index in [0.717, 1.165) is 26.2 Å². The second kappa shape index (κ2) is 8.27. The van der Waals surface area contributed by atoms with Crippen LogP contribution in [-0.2, 0) is 4.79 Å². The summed E-state index contributed by atoms with van der Waals surface area (Å²) in [6.45, 7) is 11.3. The van der Waals surface area contributed by atoms with Gasteiger partial charge in [0.05, 0.1) is 0 Å². The Morgan fingerprint density at radius 3 is 1.92 bits per heavy atom. The maximum absolute atomic E-state index is 11.1. The average Bonchev–Trinajstić information content (AvgIpc) is 3.07. The lowest BCUT2D eigenvalue weighted by Gasteiger charge is -2.23. The minimum absolute atomic E-state index is 0.414. The largest absolute Gasteiger partial charge is 0.480 e. The monoisotopic (exact) mass is 352 g/mol. The average molecular weight is 352 g/mol. The van der Waals surface area contributed by atoms with Gasteiger partial charge in [0.2, 0.25) is 11.9 Å². The van der Waals surface area contributed by atoms with Gasteiger partial charge in [0.25, 0.3) is 0 Å². The lowest BCUT2D eigenvalue weighted by Crippen LogP contribution is -2.29. The minimum Gasteiger partial charge on any atom is -0.480 e. The molecule has 9 heteroatoms. The Morgan fingerprint density at radius 1 is 1.04 bits per heavy atom. The summed E-state index contributed by atoms with van der Waals surface area (Å²) in [4.78, 5) is 33.1. The van der Waals surface area contributed by atoms with E-state index in [0.29, 0.717) is 28.5 Å². The fraction of sp³-hybridized carbons (Fsp3) is 0.667. The molecule has 0 bridgehead atoms. The molecule has 0 saturated carbocycles. The lowest BCUT2D eigenvalue weighted by molar-refractivity contribution is -0.137. The molecular weight excluding hydrogens is 328 g/mol. The van der Waals surface area contributed by atoms with Crippen LogP contribution in [0.2, 0.25) is 0 Å². The second-order valence-corrected chi connectivity index (χ2v) is 6.21. The number of carbonyl (C=O) groups is 1. The topological polar surface area (TPSA) is 94.8 Å². The molecular formula is C15H24N6O2S. The third-order valence-electron chi connectivity index (χ3n) is 3.83. The van der Waals surface area contributed by atoms with Gasteiger partial charge in [0.1, 0.15) is 5.04 Å². The normalized spacial score (nSPS) is 16.8. The van der Waals surface area contributed by atoms with Crippen LogP contribution in [0, 0.1) is 0 Å². The Bertz CT molecular complexity index is 586. The highest BCUT2D eigenvalue weighted by Crippen LogP contribution is 2.24. The van der Waals surface area contributed by atoms with Crippen LogP contribution in [0.4, 0.5) is 11.9 Å². The summed E-state index contributed by atoms with van der Waals surface area (Å²) in [5.41, 5.74) is 0. The summed E-state index contributed by atoms with van der Waals surface area (Å²) in [7, 11) is 0. The van der Waals surface area contributed by atoms with Gasteiger partial charge in [-0.2, -0.15) is 15.0 Å². The molecule has 8 nitrogen and oxygen atoms in total. The first kappa shape index (κ1) is 18.4. The first-order valence-corrected chi connectivity index (χ1v) is 9.22. The van der Waals surface area contributed by atoms with Crippen molar-refractivity contribution in [2.75, 3.05) is 41.7 Å². The van der Waals surface area contributed by atoms with Crippen LogP contribution in [0.1, 0.15) is 33.5 Å². The van der Waals surface area contributed by atoms with E-state index >= 15 is 0 Å². The van der Waals surface area contributed by atoms with Crippen molar-refractivity contribution >= 4 is 34.7 Å². The molecule has 1 N–H and O–H groups in total. The van der Waals surface area contributed by atoms with Gasteiger partial charge in [-0.15, -0.1) is 11.8 Å². The van der Waals surface area contributed by atoms with E-state index in [-0.39, 0.29) is 0 Å². The molecule has 1 aromatic heterocycles. The predicted molar refractivity (Wildman–Crippen MR) is 97.4 cm³/mol. The van der Waals surface area contributed by atoms with Gasteiger partial charge in [-0.25, -0.2) is 4.79 Å². The maximum atomic E-state index is 11.1. The molecule has 1 unspecified atom stereocenters. The molecule has 2 heterocycles. The van der Waals surface area contributed by atoms with Crippen molar-refractivity contribution in [1.29, 1.82) is 0 Å². The molecule has 132 valence electrons. The molecule has 0 aromatic carbocycles. The Balaban J connectivity index is 2.46. The maximum Gasteiger partial charge on any atom is 0.329 e. The zero-order chi connectivity index (χ0) is 17.7. The second-order valence-electron chi connectivity index (χ2n) is 5.20. The Labute approximate surface area is 146 Å². The van der Waals surface area contributed by atoms with Crippen LogP contribution in [0.15, 0.2) is 4.99 Å². The van der Waals surface area contributed by atoms with Gasteiger partial charge in [0, 0.05) is 31.9 Å². The van der Waals surface area contributed by atoms with E-state index < -0.39 is 12.0 Å². The van der Waals surface area contributed by atoms with Crippen LogP contribution in [0.3, 0.4) is 0 Å². The molecule has 1 aromatic rings. The van der Waals surface area contributed by atoms with E-state index in [4.69, 9.17) is 5.11 Å². The highest BCUT2D eigenvalue weighted by molar-refractivity contribution is 8.14. The number of aliphatic carboxylic acids is 1. The van der Waals surface area contributed by atoms with Crippen molar-refractivity contribution in [3.8, 4) is 0 Å². The van der Waals surface area contributed by atoms with Crippen LogP contribution >= 0.6 is 11.8 Å². The van der Waals surface area contributed by atoms with Crippen molar-refractivity contribution in [3.05, 3.63) is 5.82 Å². The van der Waals surface area contributed by atoms with Crippen molar-refractivity contribution in [2.45, 2.75) is 33.7 Å². The minimum atomic E-state index is -0.917. The molecule has 0 fully saturated rings. The number of thioether (sulfide) groups is 1. The summed E-state index contributed by atoms with van der Waals surface area (Å²) in [5.74, 6) is 1.17. The Morgan fingerprint density at radius 2 is 1.54 bits per heavy atom. The number of carboxylic acid groups (broad SMARTS) is 1. The van der Waals surface area contributed by atoms with Crippen molar-refractivity contribution in [2.24, 2.45) is 4.99 Å². The number of aliphatic imine (C=N–C) groups is 1. The Kier molecular flexibility index (Phi) is 6.36. The van der Waals surface area contributed by atoms with Gasteiger partial charge < -0.3 is 14.9 Å². The van der Waals surface area contributed by atoms with Crippen LogP contribution in [-0.4, -0.2) is 69.0 Å². The van der Waals surface area contributed by atoms with E-state index in [1.165, 1.54) is 11.8 Å². The SMILES string of the molecule is CCN(CC)c1nc(C2=NC(C(=O)O)CS2)nc(N(CC)CC)n1. The third-order valence-corrected chi connectivity index (χ3v) is 4.88. The number of nitrogens with zero attached hydrogens (tertiary/aromatic N) is 6. The van der Waals surface area contributed by atoms with Gasteiger partial charge in [-0.05, 0) is 27.7 Å². The summed E-state index contributed by atoms with van der Waals surface area (Å²) in [6, 6.07) is -0.726. The molecule has 0 amide bonds. The number of aromatic nitrogens is 3. The van der Waals surface area contributed by atoms with Gasteiger partial charge in [-0.3, -0.25) is 4.99 Å². The Hall–Kier alpha value is -1.90. The molecule has 2 rings (SSSR count). The third kappa shape index (κ3) is 3.95. The predicted octanol–water partition coefficient (Wildman–Crippen LogP) is 1.51. The molecule has 0 aliphatic carbocycles. The number of carboxylic acids is 1. The van der Waals surface area contributed by atoms with Gasteiger partial charge >= 0.3 is 5.97 Å². The quantitative estimate of drug-likeness (QED) is 0.752. The molecule has 0 spiro atoms. The van der Waals surface area contributed by atoms with Gasteiger partial charge in [0.15, 0.2) is 11.9 Å². The zero-order valence-electron chi connectivity index (χ0n) is 14.6. The molecule has 0 radical (unpaired) electrons. The summed E-state index contributed by atoms with van der Waals surface area (Å²) >= 11 is 1.38. The van der Waals surface area contributed by atoms with Crippen LogP contribution in [0.25, 0.3) is 0 Å². The molecule has 1 aliphatic heterocycles. The van der Waals surface area contributed by atoms with Crippen LogP contribution in [0.5, 0.6) is 0 Å². The fourth-order valence-electron chi connectivity index (χ4n) is 2.37. The molecule has 0 saturated heterocycles.